The Morgan fingerprint density at radius 3 is 2.65 bits per heavy atom. The monoisotopic (exact) mass is 280 g/mol. The number of halogens is 3. The van der Waals surface area contributed by atoms with Crippen molar-refractivity contribution in [3.05, 3.63) is 34.6 Å². The van der Waals surface area contributed by atoms with E-state index >= 15 is 0 Å². The minimum Gasteiger partial charge on any atom is -0.340 e. The van der Waals surface area contributed by atoms with Crippen molar-refractivity contribution in [2.24, 2.45) is 5.73 Å². The summed E-state index contributed by atoms with van der Waals surface area (Å²) in [5, 5.41) is 0.310. The molecule has 6 heteroatoms. The SMILES string of the molecule is C[C@H](N)C(=O)N(C)Cc1c(F)cccc1Cl.Cl. The van der Waals surface area contributed by atoms with Crippen LogP contribution in [0.1, 0.15) is 12.5 Å². The average molecular weight is 281 g/mol. The van der Waals surface area contributed by atoms with Crippen molar-refractivity contribution in [1.82, 2.24) is 4.90 Å². The van der Waals surface area contributed by atoms with Crippen molar-refractivity contribution in [3.63, 3.8) is 0 Å². The third-order valence-corrected chi connectivity index (χ3v) is 2.58. The lowest BCUT2D eigenvalue weighted by atomic mass is 10.2. The maximum atomic E-state index is 13.4. The lowest BCUT2D eigenvalue weighted by Crippen LogP contribution is -2.39. The van der Waals surface area contributed by atoms with Crippen LogP contribution in [-0.2, 0) is 11.3 Å². The van der Waals surface area contributed by atoms with Gasteiger partial charge in [0, 0.05) is 24.2 Å². The van der Waals surface area contributed by atoms with Crippen LogP contribution in [0.15, 0.2) is 18.2 Å². The second kappa shape index (κ2) is 6.79. The highest BCUT2D eigenvalue weighted by molar-refractivity contribution is 6.31. The van der Waals surface area contributed by atoms with Crippen molar-refractivity contribution in [3.8, 4) is 0 Å². The fourth-order valence-electron chi connectivity index (χ4n) is 1.35. The highest BCUT2D eigenvalue weighted by Gasteiger charge is 2.16. The molecule has 0 fully saturated rings. The second-order valence-corrected chi connectivity index (χ2v) is 4.09. The molecule has 3 nitrogen and oxygen atoms in total. The maximum Gasteiger partial charge on any atom is 0.239 e. The topological polar surface area (TPSA) is 46.3 Å². The number of hydrogen-bond acceptors (Lipinski definition) is 2. The zero-order valence-corrected chi connectivity index (χ0v) is 11.2. The molecule has 96 valence electrons. The van der Waals surface area contributed by atoms with Gasteiger partial charge in [0.05, 0.1) is 6.04 Å². The number of nitrogens with two attached hydrogens (primary N) is 1. The molecule has 0 spiro atoms. The maximum absolute atomic E-state index is 13.4. The molecule has 0 bridgehead atoms. The first-order valence-electron chi connectivity index (χ1n) is 4.87. The average Bonchev–Trinajstić information content (AvgIpc) is 2.22. The Morgan fingerprint density at radius 2 is 2.18 bits per heavy atom. The Balaban J connectivity index is 0.00000256. The fraction of sp³-hybridized carbons (Fsp3) is 0.364. The summed E-state index contributed by atoms with van der Waals surface area (Å²) in [6.45, 7) is 1.70. The van der Waals surface area contributed by atoms with Crippen molar-refractivity contribution < 1.29 is 9.18 Å². The smallest absolute Gasteiger partial charge is 0.239 e. The van der Waals surface area contributed by atoms with Gasteiger partial charge in [-0.15, -0.1) is 12.4 Å². The van der Waals surface area contributed by atoms with Crippen molar-refractivity contribution >= 4 is 29.9 Å². The number of likely N-dealkylation sites (N-methyl/N-ethyl adjacent to an activating group) is 1. The van der Waals surface area contributed by atoms with Gasteiger partial charge >= 0.3 is 0 Å². The second-order valence-electron chi connectivity index (χ2n) is 3.68. The van der Waals surface area contributed by atoms with E-state index < -0.39 is 11.9 Å². The first-order valence-corrected chi connectivity index (χ1v) is 5.24. The van der Waals surface area contributed by atoms with E-state index in [4.69, 9.17) is 17.3 Å². The van der Waals surface area contributed by atoms with E-state index in [0.29, 0.717) is 10.6 Å². The fourth-order valence-corrected chi connectivity index (χ4v) is 1.57. The summed E-state index contributed by atoms with van der Waals surface area (Å²) in [5.74, 6) is -0.670. The first kappa shape index (κ1) is 16.2. The van der Waals surface area contributed by atoms with E-state index in [0.717, 1.165) is 0 Å². The molecular formula is C11H15Cl2FN2O. The first-order chi connectivity index (χ1) is 7.43. The molecule has 0 unspecified atom stereocenters. The van der Waals surface area contributed by atoms with Crippen LogP contribution in [0.2, 0.25) is 5.02 Å². The Kier molecular flexibility index (Phi) is 6.45. The molecule has 0 saturated heterocycles. The van der Waals surface area contributed by atoms with E-state index in [-0.39, 0.29) is 24.9 Å². The van der Waals surface area contributed by atoms with Crippen LogP contribution in [-0.4, -0.2) is 23.9 Å². The summed E-state index contributed by atoms with van der Waals surface area (Å²) < 4.78 is 13.4. The molecule has 2 N–H and O–H groups in total. The number of benzene rings is 1. The van der Waals surface area contributed by atoms with Gasteiger partial charge in [0.2, 0.25) is 5.91 Å². The zero-order chi connectivity index (χ0) is 12.3. The molecule has 1 aromatic rings. The highest BCUT2D eigenvalue weighted by atomic mass is 35.5. The van der Waals surface area contributed by atoms with E-state index in [1.165, 1.54) is 17.0 Å². The van der Waals surface area contributed by atoms with E-state index in [1.54, 1.807) is 20.0 Å². The quantitative estimate of drug-likeness (QED) is 0.923. The van der Waals surface area contributed by atoms with Crippen LogP contribution in [0.4, 0.5) is 4.39 Å². The summed E-state index contributed by atoms with van der Waals surface area (Å²) in [4.78, 5) is 12.9. The van der Waals surface area contributed by atoms with Gasteiger partial charge < -0.3 is 10.6 Å². The lowest BCUT2D eigenvalue weighted by Gasteiger charge is -2.20. The number of carbonyl (C=O) groups excluding carboxylic acids is 1. The largest absolute Gasteiger partial charge is 0.340 e. The van der Waals surface area contributed by atoms with Gasteiger partial charge in [-0.05, 0) is 19.1 Å². The van der Waals surface area contributed by atoms with Crippen molar-refractivity contribution in [1.29, 1.82) is 0 Å². The molecule has 0 aliphatic rings. The summed E-state index contributed by atoms with van der Waals surface area (Å²) in [6, 6.07) is 3.82. The molecule has 0 saturated carbocycles. The lowest BCUT2D eigenvalue weighted by molar-refractivity contribution is -0.131. The molecule has 0 aromatic heterocycles. The van der Waals surface area contributed by atoms with Crippen LogP contribution < -0.4 is 5.73 Å². The third-order valence-electron chi connectivity index (χ3n) is 2.22. The Bertz CT molecular complexity index is 379. The van der Waals surface area contributed by atoms with Gasteiger partial charge in [-0.2, -0.15) is 0 Å². The number of amides is 1. The molecule has 1 amide bonds. The predicted octanol–water partition coefficient (Wildman–Crippen LogP) is 2.21. The van der Waals surface area contributed by atoms with Gasteiger partial charge in [0.1, 0.15) is 5.82 Å². The predicted molar refractivity (Wildman–Crippen MR) is 68.8 cm³/mol. The van der Waals surface area contributed by atoms with E-state index in [9.17, 15) is 9.18 Å². The normalized spacial score (nSPS) is 11.6. The van der Waals surface area contributed by atoms with Crippen molar-refractivity contribution in [2.45, 2.75) is 19.5 Å². The summed E-state index contributed by atoms with van der Waals surface area (Å²) >= 11 is 5.85. The molecule has 0 heterocycles. The molecule has 0 aliphatic carbocycles. The van der Waals surface area contributed by atoms with Gasteiger partial charge in [0.25, 0.3) is 0 Å². The molecular weight excluding hydrogens is 266 g/mol. The third kappa shape index (κ3) is 4.15. The Hall–Kier alpha value is -0.840. The minimum absolute atomic E-state index is 0. The summed E-state index contributed by atoms with van der Waals surface area (Å²) in [6.07, 6.45) is 0. The van der Waals surface area contributed by atoms with Crippen molar-refractivity contribution in [2.75, 3.05) is 7.05 Å². The zero-order valence-electron chi connectivity index (χ0n) is 9.61. The summed E-state index contributed by atoms with van der Waals surface area (Å²) in [5.41, 5.74) is 5.75. The van der Waals surface area contributed by atoms with Crippen LogP contribution >= 0.6 is 24.0 Å². The molecule has 0 radical (unpaired) electrons. The van der Waals surface area contributed by atoms with Crippen LogP contribution in [0.3, 0.4) is 0 Å². The molecule has 0 aliphatic heterocycles. The molecule has 1 rings (SSSR count). The van der Waals surface area contributed by atoms with Gasteiger partial charge in [0.15, 0.2) is 0 Å². The number of nitrogens with zero attached hydrogens (tertiary/aromatic N) is 1. The Morgan fingerprint density at radius 1 is 1.59 bits per heavy atom. The molecule has 1 aromatic carbocycles. The number of carbonyl (C=O) groups is 1. The summed E-state index contributed by atoms with van der Waals surface area (Å²) in [7, 11) is 1.56. The highest BCUT2D eigenvalue weighted by Crippen LogP contribution is 2.20. The van der Waals surface area contributed by atoms with Gasteiger partial charge in [-0.25, -0.2) is 4.39 Å². The number of rotatable bonds is 3. The van der Waals surface area contributed by atoms with Gasteiger partial charge in [-0.3, -0.25) is 4.79 Å². The Labute approximate surface area is 111 Å². The van der Waals surface area contributed by atoms with Crippen LogP contribution in [0.5, 0.6) is 0 Å². The van der Waals surface area contributed by atoms with Crippen LogP contribution in [0, 0.1) is 5.82 Å². The van der Waals surface area contributed by atoms with Crippen LogP contribution in [0.25, 0.3) is 0 Å². The molecule has 1 atom stereocenters. The van der Waals surface area contributed by atoms with E-state index in [1.807, 2.05) is 0 Å². The standard InChI is InChI=1S/C11H14ClFN2O.ClH/c1-7(14)11(16)15(2)6-8-9(12)4-3-5-10(8)13;/h3-5,7H,6,14H2,1-2H3;1H/t7-;/m0./s1. The number of hydrogen-bond donors (Lipinski definition) is 1. The van der Waals surface area contributed by atoms with E-state index in [2.05, 4.69) is 0 Å². The molecule has 17 heavy (non-hydrogen) atoms. The minimum atomic E-state index is -0.601. The van der Waals surface area contributed by atoms with Gasteiger partial charge in [-0.1, -0.05) is 17.7 Å².